The highest BCUT2D eigenvalue weighted by atomic mass is 16.5. The van der Waals surface area contributed by atoms with E-state index >= 15 is 0 Å². The number of ether oxygens (including phenoxy) is 1. The van der Waals surface area contributed by atoms with E-state index in [1.165, 1.54) is 11.1 Å². The van der Waals surface area contributed by atoms with Crippen LogP contribution in [0.5, 0.6) is 11.5 Å². The zero-order chi connectivity index (χ0) is 17.8. The minimum Gasteiger partial charge on any atom is -0.457 e. The molecular formula is C21H20BNO3. The van der Waals surface area contributed by atoms with Gasteiger partial charge in [-0.15, -0.1) is 0 Å². The standard InChI is InChI=1S/C21H20BNO3/c24-22-21-11-10-20(12-18(21)15-25-22)26-19-8-6-17(7-9-19)14-23-13-16-4-2-1-3-5-16/h1-12,23-24H,13-15H2. The van der Waals surface area contributed by atoms with Crippen molar-refractivity contribution in [3.63, 3.8) is 0 Å². The largest absolute Gasteiger partial charge is 0.491 e. The van der Waals surface area contributed by atoms with Gasteiger partial charge in [0.15, 0.2) is 0 Å². The summed E-state index contributed by atoms with van der Waals surface area (Å²) in [5.41, 5.74) is 4.27. The normalized spacial score (nSPS) is 12.9. The van der Waals surface area contributed by atoms with Crippen LogP contribution in [0.25, 0.3) is 0 Å². The maximum Gasteiger partial charge on any atom is 0.491 e. The molecule has 0 atom stereocenters. The van der Waals surface area contributed by atoms with Crippen LogP contribution in [-0.2, 0) is 24.4 Å². The second kappa shape index (κ2) is 7.75. The first-order chi connectivity index (χ1) is 12.8. The van der Waals surface area contributed by atoms with Gasteiger partial charge in [0.05, 0.1) is 6.61 Å². The van der Waals surface area contributed by atoms with Gasteiger partial charge in [-0.1, -0.05) is 48.5 Å². The number of benzene rings is 3. The third-order valence-electron chi connectivity index (χ3n) is 4.44. The molecule has 0 fully saturated rings. The predicted octanol–water partition coefficient (Wildman–Crippen LogP) is 2.99. The summed E-state index contributed by atoms with van der Waals surface area (Å²) >= 11 is 0. The Hall–Kier alpha value is -2.60. The molecule has 1 aliphatic heterocycles. The summed E-state index contributed by atoms with van der Waals surface area (Å²) in [4.78, 5) is 0. The number of hydrogen-bond donors (Lipinski definition) is 2. The van der Waals surface area contributed by atoms with Crippen LogP contribution in [0.4, 0.5) is 0 Å². The molecule has 4 rings (SSSR count). The molecule has 3 aromatic rings. The number of rotatable bonds is 6. The number of nitrogens with one attached hydrogen (secondary N) is 1. The van der Waals surface area contributed by atoms with E-state index in [1.54, 1.807) is 0 Å². The van der Waals surface area contributed by atoms with E-state index in [1.807, 2.05) is 36.4 Å². The molecule has 26 heavy (non-hydrogen) atoms. The van der Waals surface area contributed by atoms with E-state index in [2.05, 4.69) is 41.7 Å². The van der Waals surface area contributed by atoms with Crippen molar-refractivity contribution in [2.75, 3.05) is 0 Å². The molecule has 5 heteroatoms. The zero-order valence-corrected chi connectivity index (χ0v) is 14.4. The minimum atomic E-state index is -0.818. The number of hydrogen-bond acceptors (Lipinski definition) is 4. The molecule has 0 aliphatic carbocycles. The lowest BCUT2D eigenvalue weighted by Gasteiger charge is -2.09. The summed E-state index contributed by atoms with van der Waals surface area (Å²) < 4.78 is 11.1. The van der Waals surface area contributed by atoms with Gasteiger partial charge in [0.25, 0.3) is 0 Å². The molecule has 0 saturated carbocycles. The molecule has 0 aromatic heterocycles. The Morgan fingerprint density at radius 2 is 1.58 bits per heavy atom. The van der Waals surface area contributed by atoms with Gasteiger partial charge >= 0.3 is 7.12 Å². The van der Waals surface area contributed by atoms with Crippen LogP contribution in [0.2, 0.25) is 0 Å². The first-order valence-corrected chi connectivity index (χ1v) is 8.72. The van der Waals surface area contributed by atoms with Gasteiger partial charge in [0, 0.05) is 13.1 Å². The van der Waals surface area contributed by atoms with Crippen LogP contribution >= 0.6 is 0 Å². The molecule has 1 heterocycles. The third kappa shape index (κ3) is 3.97. The quantitative estimate of drug-likeness (QED) is 0.675. The van der Waals surface area contributed by atoms with Crippen molar-refractivity contribution in [2.45, 2.75) is 19.7 Å². The second-order valence-electron chi connectivity index (χ2n) is 6.36. The molecular weight excluding hydrogens is 325 g/mol. The lowest BCUT2D eigenvalue weighted by atomic mass is 9.80. The summed E-state index contributed by atoms with van der Waals surface area (Å²) in [5.74, 6) is 1.53. The van der Waals surface area contributed by atoms with E-state index in [9.17, 15) is 5.02 Å². The Labute approximate surface area is 153 Å². The topological polar surface area (TPSA) is 50.7 Å². The molecule has 4 nitrogen and oxygen atoms in total. The Morgan fingerprint density at radius 1 is 0.885 bits per heavy atom. The first kappa shape index (κ1) is 16.9. The van der Waals surface area contributed by atoms with Crippen molar-refractivity contribution in [1.82, 2.24) is 5.32 Å². The van der Waals surface area contributed by atoms with Crippen LogP contribution < -0.4 is 15.5 Å². The third-order valence-corrected chi connectivity index (χ3v) is 4.44. The highest BCUT2D eigenvalue weighted by Gasteiger charge is 2.27. The van der Waals surface area contributed by atoms with Crippen LogP contribution in [-0.4, -0.2) is 12.1 Å². The molecule has 0 unspecified atom stereocenters. The fourth-order valence-electron chi connectivity index (χ4n) is 3.03. The summed E-state index contributed by atoms with van der Waals surface area (Å²) in [6.07, 6.45) is 0. The van der Waals surface area contributed by atoms with Crippen molar-refractivity contribution in [3.05, 3.63) is 89.5 Å². The van der Waals surface area contributed by atoms with Crippen molar-refractivity contribution >= 4 is 12.6 Å². The van der Waals surface area contributed by atoms with Gasteiger partial charge in [-0.3, -0.25) is 0 Å². The van der Waals surface area contributed by atoms with Gasteiger partial charge in [0.1, 0.15) is 11.5 Å². The monoisotopic (exact) mass is 345 g/mol. The van der Waals surface area contributed by atoms with E-state index in [-0.39, 0.29) is 0 Å². The Morgan fingerprint density at radius 3 is 2.35 bits per heavy atom. The predicted molar refractivity (Wildman–Crippen MR) is 102 cm³/mol. The molecule has 0 amide bonds. The number of fused-ring (bicyclic) bond motifs is 1. The van der Waals surface area contributed by atoms with Gasteiger partial charge in [0.2, 0.25) is 0 Å². The van der Waals surface area contributed by atoms with Crippen molar-refractivity contribution in [3.8, 4) is 11.5 Å². The highest BCUT2D eigenvalue weighted by Crippen LogP contribution is 2.24. The molecule has 0 bridgehead atoms. The Balaban J connectivity index is 1.33. The lowest BCUT2D eigenvalue weighted by Crippen LogP contribution is -2.27. The molecule has 2 N–H and O–H groups in total. The van der Waals surface area contributed by atoms with E-state index < -0.39 is 7.12 Å². The van der Waals surface area contributed by atoms with E-state index in [4.69, 9.17) is 9.39 Å². The summed E-state index contributed by atoms with van der Waals surface area (Å²) in [6.45, 7) is 2.07. The van der Waals surface area contributed by atoms with Crippen molar-refractivity contribution in [1.29, 1.82) is 0 Å². The molecule has 0 spiro atoms. The zero-order valence-electron chi connectivity index (χ0n) is 14.4. The van der Waals surface area contributed by atoms with Crippen LogP contribution in [0.15, 0.2) is 72.8 Å². The van der Waals surface area contributed by atoms with Gasteiger partial charge in [-0.2, -0.15) is 0 Å². The van der Waals surface area contributed by atoms with Crippen LogP contribution in [0.1, 0.15) is 16.7 Å². The van der Waals surface area contributed by atoms with Gasteiger partial charge in [-0.05, 0) is 46.4 Å². The average molecular weight is 345 g/mol. The SMILES string of the molecule is OB1OCc2cc(Oc3ccc(CNCc4ccccc4)cc3)ccc21. The average Bonchev–Trinajstić information content (AvgIpc) is 3.04. The van der Waals surface area contributed by atoms with Crippen LogP contribution in [0.3, 0.4) is 0 Å². The minimum absolute atomic E-state index is 0.416. The van der Waals surface area contributed by atoms with E-state index in [0.717, 1.165) is 35.6 Å². The molecule has 130 valence electrons. The molecule has 1 aliphatic rings. The summed E-state index contributed by atoms with van der Waals surface area (Å²) in [5, 5.41) is 13.1. The fourth-order valence-corrected chi connectivity index (χ4v) is 3.03. The Bertz CT molecular complexity index is 868. The maximum atomic E-state index is 9.67. The van der Waals surface area contributed by atoms with Crippen molar-refractivity contribution < 1.29 is 14.4 Å². The van der Waals surface area contributed by atoms with Crippen LogP contribution in [0, 0.1) is 0 Å². The molecule has 3 aromatic carbocycles. The van der Waals surface area contributed by atoms with Gasteiger partial charge < -0.3 is 19.7 Å². The first-order valence-electron chi connectivity index (χ1n) is 8.72. The van der Waals surface area contributed by atoms with Gasteiger partial charge in [-0.25, -0.2) is 0 Å². The van der Waals surface area contributed by atoms with E-state index in [0.29, 0.717) is 6.61 Å². The summed E-state index contributed by atoms with van der Waals surface area (Å²) in [7, 11) is -0.818. The Kier molecular flexibility index (Phi) is 5.02. The molecule has 0 radical (unpaired) electrons. The lowest BCUT2D eigenvalue weighted by molar-refractivity contribution is 0.275. The smallest absolute Gasteiger partial charge is 0.457 e. The highest BCUT2D eigenvalue weighted by molar-refractivity contribution is 6.61. The second-order valence-corrected chi connectivity index (χ2v) is 6.36. The maximum absolute atomic E-state index is 9.67. The van der Waals surface area contributed by atoms with Crippen molar-refractivity contribution in [2.24, 2.45) is 0 Å². The fraction of sp³-hybridized carbons (Fsp3) is 0.143. The molecule has 0 saturated heterocycles. The summed E-state index contributed by atoms with van der Waals surface area (Å²) in [6, 6.07) is 24.0.